The summed E-state index contributed by atoms with van der Waals surface area (Å²) in [6.07, 6.45) is 0.615. The molecule has 0 aliphatic rings. The number of phenolic OH excluding ortho intramolecular Hbond substituents is 2. The number of phenols is 2. The van der Waals surface area contributed by atoms with E-state index in [9.17, 15) is 19.8 Å². The molecule has 2 aromatic rings. The molecule has 0 aliphatic carbocycles. The Bertz CT molecular complexity index is 817. The van der Waals surface area contributed by atoms with Crippen molar-refractivity contribution in [3.63, 3.8) is 0 Å². The molecule has 0 saturated carbocycles. The molecule has 0 aromatic heterocycles. The molecule has 6 heteroatoms. The van der Waals surface area contributed by atoms with Crippen molar-refractivity contribution in [3.8, 4) is 11.5 Å². The second kappa shape index (κ2) is 9.70. The number of carbonyl (C=O) groups is 2. The lowest BCUT2D eigenvalue weighted by molar-refractivity contribution is -0.132. The van der Waals surface area contributed by atoms with E-state index in [4.69, 9.17) is 0 Å². The molecule has 0 aliphatic heterocycles. The lowest BCUT2D eigenvalue weighted by Crippen LogP contribution is -2.50. The fraction of sp³-hybridized carbons (Fsp3) is 0.364. The number of aromatic hydroxyl groups is 2. The molecule has 0 spiro atoms. The second-order valence-electron chi connectivity index (χ2n) is 6.85. The van der Waals surface area contributed by atoms with E-state index in [1.54, 1.807) is 55.5 Å². The largest absolute Gasteiger partial charge is 0.508 e. The van der Waals surface area contributed by atoms with E-state index in [0.717, 1.165) is 5.56 Å². The standard InChI is InChI=1S/C22H24Br2O4/c1-3-19(15-4-8-17(25)9-5-15)22(21(28)13-24,14(2)20(27)12-23)16-6-10-18(26)11-7-16/h4-11,14,19,25-26H,3,12-13H2,1-2H3. The monoisotopic (exact) mass is 510 g/mol. The smallest absolute Gasteiger partial charge is 0.155 e. The summed E-state index contributed by atoms with van der Waals surface area (Å²) in [5, 5.41) is 19.7. The highest BCUT2D eigenvalue weighted by Crippen LogP contribution is 2.49. The molecule has 2 aromatic carbocycles. The maximum atomic E-state index is 13.5. The molecule has 3 unspecified atom stereocenters. The summed E-state index contributed by atoms with van der Waals surface area (Å²) >= 11 is 6.58. The van der Waals surface area contributed by atoms with Gasteiger partial charge in [-0.15, -0.1) is 0 Å². The Balaban J connectivity index is 2.83. The zero-order chi connectivity index (χ0) is 20.9. The van der Waals surface area contributed by atoms with Crippen LogP contribution in [-0.4, -0.2) is 32.4 Å². The maximum absolute atomic E-state index is 13.5. The maximum Gasteiger partial charge on any atom is 0.155 e. The fourth-order valence-electron chi connectivity index (χ4n) is 4.09. The van der Waals surface area contributed by atoms with Crippen molar-refractivity contribution in [2.24, 2.45) is 5.92 Å². The van der Waals surface area contributed by atoms with Crippen LogP contribution in [0.2, 0.25) is 0 Å². The van der Waals surface area contributed by atoms with Crippen LogP contribution >= 0.6 is 31.9 Å². The van der Waals surface area contributed by atoms with Crippen LogP contribution < -0.4 is 0 Å². The first-order valence-corrected chi connectivity index (χ1v) is 11.3. The lowest BCUT2D eigenvalue weighted by Gasteiger charge is -2.44. The summed E-state index contributed by atoms with van der Waals surface area (Å²) in [4.78, 5) is 26.3. The van der Waals surface area contributed by atoms with Crippen LogP contribution in [0.5, 0.6) is 11.5 Å². The van der Waals surface area contributed by atoms with E-state index in [2.05, 4.69) is 31.9 Å². The number of hydrogen-bond acceptors (Lipinski definition) is 4. The van der Waals surface area contributed by atoms with Crippen molar-refractivity contribution in [3.05, 3.63) is 59.7 Å². The van der Waals surface area contributed by atoms with E-state index < -0.39 is 11.3 Å². The zero-order valence-corrected chi connectivity index (χ0v) is 19.0. The average Bonchev–Trinajstić information content (AvgIpc) is 2.72. The van der Waals surface area contributed by atoms with Crippen molar-refractivity contribution in [2.45, 2.75) is 31.6 Å². The molecule has 28 heavy (non-hydrogen) atoms. The SMILES string of the molecule is CCC(c1ccc(O)cc1)C(C(=O)CBr)(c1ccc(O)cc1)C(C)C(=O)CBr. The van der Waals surface area contributed by atoms with Gasteiger partial charge < -0.3 is 10.2 Å². The normalized spacial score (nSPS) is 15.4. The van der Waals surface area contributed by atoms with Crippen LogP contribution in [-0.2, 0) is 15.0 Å². The van der Waals surface area contributed by atoms with E-state index >= 15 is 0 Å². The van der Waals surface area contributed by atoms with Gasteiger partial charge in [-0.1, -0.05) is 70.0 Å². The summed E-state index contributed by atoms with van der Waals surface area (Å²) in [7, 11) is 0. The van der Waals surface area contributed by atoms with Gasteiger partial charge in [-0.25, -0.2) is 0 Å². The number of carbonyl (C=O) groups excluding carboxylic acids is 2. The summed E-state index contributed by atoms with van der Waals surface area (Å²) < 4.78 is 0. The Labute approximate surface area is 182 Å². The van der Waals surface area contributed by atoms with Gasteiger partial charge >= 0.3 is 0 Å². The van der Waals surface area contributed by atoms with E-state index in [1.165, 1.54) is 0 Å². The molecule has 0 heterocycles. The molecule has 0 amide bonds. The molecule has 3 atom stereocenters. The topological polar surface area (TPSA) is 74.6 Å². The van der Waals surface area contributed by atoms with Crippen molar-refractivity contribution < 1.29 is 19.8 Å². The Morgan fingerprint density at radius 3 is 1.86 bits per heavy atom. The number of benzene rings is 2. The summed E-state index contributed by atoms with van der Waals surface area (Å²) in [5.74, 6) is -0.813. The predicted octanol–water partition coefficient (Wildman–Crippen LogP) is 5.09. The molecule has 150 valence electrons. The third kappa shape index (κ3) is 4.18. The van der Waals surface area contributed by atoms with Crippen molar-refractivity contribution in [1.82, 2.24) is 0 Å². The third-order valence-electron chi connectivity index (χ3n) is 5.48. The average molecular weight is 512 g/mol. The zero-order valence-electron chi connectivity index (χ0n) is 15.9. The van der Waals surface area contributed by atoms with Gasteiger partial charge in [0.15, 0.2) is 5.78 Å². The number of Topliss-reactive ketones (excluding diaryl/α,β-unsaturated/α-hetero) is 2. The van der Waals surface area contributed by atoms with Crippen molar-refractivity contribution >= 4 is 43.4 Å². The molecular weight excluding hydrogens is 488 g/mol. The fourth-order valence-corrected chi connectivity index (χ4v) is 5.04. The molecular formula is C22H24Br2O4. The van der Waals surface area contributed by atoms with Crippen LogP contribution in [0.15, 0.2) is 48.5 Å². The highest BCUT2D eigenvalue weighted by molar-refractivity contribution is 9.09. The van der Waals surface area contributed by atoms with Gasteiger partial charge in [0.2, 0.25) is 0 Å². The summed E-state index contributed by atoms with van der Waals surface area (Å²) in [6.45, 7) is 3.78. The first kappa shape index (κ1) is 22.6. The Hall–Kier alpha value is -1.66. The van der Waals surface area contributed by atoms with Gasteiger partial charge in [-0.05, 0) is 41.8 Å². The van der Waals surface area contributed by atoms with Crippen molar-refractivity contribution in [1.29, 1.82) is 0 Å². The Morgan fingerprint density at radius 1 is 0.929 bits per heavy atom. The first-order valence-electron chi connectivity index (χ1n) is 9.09. The lowest BCUT2D eigenvalue weighted by atomic mass is 9.57. The second-order valence-corrected chi connectivity index (χ2v) is 7.97. The van der Waals surface area contributed by atoms with Crippen LogP contribution in [0.4, 0.5) is 0 Å². The van der Waals surface area contributed by atoms with E-state index in [0.29, 0.717) is 12.0 Å². The van der Waals surface area contributed by atoms with Gasteiger partial charge in [0.05, 0.1) is 16.1 Å². The molecule has 2 rings (SSSR count). The van der Waals surface area contributed by atoms with Gasteiger partial charge in [0.1, 0.15) is 17.3 Å². The van der Waals surface area contributed by atoms with Crippen molar-refractivity contribution in [2.75, 3.05) is 10.7 Å². The predicted molar refractivity (Wildman–Crippen MR) is 118 cm³/mol. The van der Waals surface area contributed by atoms with Crippen LogP contribution in [0, 0.1) is 5.92 Å². The molecule has 4 nitrogen and oxygen atoms in total. The molecule has 0 fully saturated rings. The molecule has 0 radical (unpaired) electrons. The summed E-state index contributed by atoms with van der Waals surface area (Å²) in [5.41, 5.74) is 0.446. The molecule has 0 saturated heterocycles. The quantitative estimate of drug-likeness (QED) is 0.459. The number of ketones is 2. The van der Waals surface area contributed by atoms with Gasteiger partial charge in [0.25, 0.3) is 0 Å². The number of rotatable bonds is 9. The number of hydrogen-bond donors (Lipinski definition) is 2. The van der Waals surface area contributed by atoms with E-state index in [-0.39, 0.29) is 39.6 Å². The Kier molecular flexibility index (Phi) is 7.84. The van der Waals surface area contributed by atoms with Gasteiger partial charge in [-0.2, -0.15) is 0 Å². The summed E-state index contributed by atoms with van der Waals surface area (Å²) in [6, 6.07) is 13.3. The number of alkyl halides is 2. The highest BCUT2D eigenvalue weighted by atomic mass is 79.9. The van der Waals surface area contributed by atoms with Crippen LogP contribution in [0.3, 0.4) is 0 Å². The minimum Gasteiger partial charge on any atom is -0.508 e. The first-order chi connectivity index (χ1) is 13.3. The number of halogens is 2. The van der Waals surface area contributed by atoms with Gasteiger partial charge in [-0.3, -0.25) is 9.59 Å². The van der Waals surface area contributed by atoms with E-state index in [1.807, 2.05) is 6.92 Å². The van der Waals surface area contributed by atoms with Crippen LogP contribution in [0.1, 0.15) is 37.3 Å². The highest BCUT2D eigenvalue weighted by Gasteiger charge is 2.52. The minimum atomic E-state index is -1.12. The third-order valence-corrected chi connectivity index (χ3v) is 6.54. The molecule has 2 N–H and O–H groups in total. The van der Waals surface area contributed by atoms with Crippen LogP contribution in [0.25, 0.3) is 0 Å². The van der Waals surface area contributed by atoms with Gasteiger partial charge in [0, 0.05) is 11.8 Å². The minimum absolute atomic E-state index is 0.0698. The molecule has 0 bridgehead atoms. The Morgan fingerprint density at radius 2 is 1.43 bits per heavy atom.